The molecule has 0 aromatic carbocycles. The Morgan fingerprint density at radius 2 is 2.35 bits per heavy atom. The quantitative estimate of drug-likeness (QED) is 0.868. The second kappa shape index (κ2) is 4.87. The minimum atomic E-state index is -0.912. The van der Waals surface area contributed by atoms with E-state index < -0.39 is 5.97 Å². The summed E-state index contributed by atoms with van der Waals surface area (Å²) in [4.78, 5) is 13.4. The Kier molecular flexibility index (Phi) is 3.47. The summed E-state index contributed by atoms with van der Waals surface area (Å²) in [6.07, 6.45) is 3.49. The van der Waals surface area contributed by atoms with Gasteiger partial charge in [-0.15, -0.1) is 0 Å². The fourth-order valence-electron chi connectivity index (χ4n) is 2.56. The highest BCUT2D eigenvalue weighted by molar-refractivity contribution is 5.85. The lowest BCUT2D eigenvalue weighted by Gasteiger charge is -2.33. The molecule has 1 saturated heterocycles. The van der Waals surface area contributed by atoms with Crippen LogP contribution in [-0.4, -0.2) is 38.8 Å². The van der Waals surface area contributed by atoms with E-state index in [2.05, 4.69) is 16.9 Å². The first-order valence-corrected chi connectivity index (χ1v) is 6.14. The summed E-state index contributed by atoms with van der Waals surface area (Å²) in [7, 11) is 1.69. The van der Waals surface area contributed by atoms with E-state index in [9.17, 15) is 4.79 Å². The lowest BCUT2D eigenvalue weighted by molar-refractivity contribution is 0.0685. The van der Waals surface area contributed by atoms with Gasteiger partial charge in [0.1, 0.15) is 5.69 Å². The minimum absolute atomic E-state index is 0.265. The van der Waals surface area contributed by atoms with Gasteiger partial charge in [0.25, 0.3) is 0 Å². The molecule has 1 aromatic rings. The molecule has 1 aliphatic rings. The first-order chi connectivity index (χ1) is 8.13. The van der Waals surface area contributed by atoms with Gasteiger partial charge < -0.3 is 5.11 Å². The molecule has 1 aromatic heterocycles. The zero-order valence-electron chi connectivity index (χ0n) is 10.4. The third-order valence-electron chi connectivity index (χ3n) is 3.48. The van der Waals surface area contributed by atoms with E-state index >= 15 is 0 Å². The van der Waals surface area contributed by atoms with Crippen molar-refractivity contribution in [1.82, 2.24) is 14.7 Å². The summed E-state index contributed by atoms with van der Waals surface area (Å²) in [6, 6.07) is 1.99. The summed E-state index contributed by atoms with van der Waals surface area (Å²) in [5.41, 5.74) is 1.16. The Bertz CT molecular complexity index is 414. The van der Waals surface area contributed by atoms with Crippen LogP contribution in [0.2, 0.25) is 0 Å². The van der Waals surface area contributed by atoms with Crippen molar-refractivity contribution in [3.8, 4) is 0 Å². The molecule has 1 atom stereocenters. The van der Waals surface area contributed by atoms with Crippen LogP contribution in [0.4, 0.5) is 0 Å². The van der Waals surface area contributed by atoms with Gasteiger partial charge in [0, 0.05) is 7.05 Å². The Labute approximate surface area is 101 Å². The molecule has 5 heteroatoms. The molecule has 0 spiro atoms. The molecule has 1 fully saturated rings. The van der Waals surface area contributed by atoms with E-state index in [-0.39, 0.29) is 11.7 Å². The topological polar surface area (TPSA) is 58.4 Å². The zero-order valence-corrected chi connectivity index (χ0v) is 10.4. The Morgan fingerprint density at radius 1 is 1.59 bits per heavy atom. The van der Waals surface area contributed by atoms with Crippen LogP contribution in [0.25, 0.3) is 0 Å². The van der Waals surface area contributed by atoms with Crippen molar-refractivity contribution in [2.75, 3.05) is 13.1 Å². The lowest BCUT2D eigenvalue weighted by Crippen LogP contribution is -2.33. The molecule has 1 unspecified atom stereocenters. The highest BCUT2D eigenvalue weighted by Crippen LogP contribution is 2.29. The predicted molar refractivity (Wildman–Crippen MR) is 64.0 cm³/mol. The van der Waals surface area contributed by atoms with Gasteiger partial charge in [0.15, 0.2) is 0 Å². The number of rotatable bonds is 3. The summed E-state index contributed by atoms with van der Waals surface area (Å²) in [5.74, 6) is -0.912. The van der Waals surface area contributed by atoms with Crippen molar-refractivity contribution in [1.29, 1.82) is 0 Å². The van der Waals surface area contributed by atoms with Gasteiger partial charge >= 0.3 is 5.97 Å². The second-order valence-electron chi connectivity index (χ2n) is 4.52. The van der Waals surface area contributed by atoms with Crippen molar-refractivity contribution in [2.45, 2.75) is 32.2 Å². The summed E-state index contributed by atoms with van der Waals surface area (Å²) < 4.78 is 1.46. The highest BCUT2D eigenvalue weighted by Gasteiger charge is 2.26. The van der Waals surface area contributed by atoms with Gasteiger partial charge in [-0.3, -0.25) is 9.58 Å². The number of piperidine rings is 1. The average Bonchev–Trinajstić information content (AvgIpc) is 2.71. The molecule has 1 N–H and O–H groups in total. The van der Waals surface area contributed by atoms with Crippen LogP contribution in [-0.2, 0) is 7.05 Å². The van der Waals surface area contributed by atoms with Gasteiger partial charge in [-0.1, -0.05) is 13.3 Å². The molecule has 2 rings (SSSR count). The van der Waals surface area contributed by atoms with Crippen molar-refractivity contribution in [2.24, 2.45) is 7.05 Å². The molecule has 17 heavy (non-hydrogen) atoms. The molecular formula is C12H19N3O2. The Balaban J connectivity index is 2.26. The fraction of sp³-hybridized carbons (Fsp3) is 0.667. The van der Waals surface area contributed by atoms with E-state index in [1.54, 1.807) is 13.1 Å². The number of nitrogens with zero attached hydrogens (tertiary/aromatic N) is 3. The number of aromatic carboxylic acids is 1. The minimum Gasteiger partial charge on any atom is -0.477 e. The first-order valence-electron chi connectivity index (χ1n) is 6.14. The van der Waals surface area contributed by atoms with Crippen molar-refractivity contribution >= 4 is 5.97 Å². The number of hydrogen-bond donors (Lipinski definition) is 1. The van der Waals surface area contributed by atoms with Crippen LogP contribution >= 0.6 is 0 Å². The van der Waals surface area contributed by atoms with E-state index in [0.29, 0.717) is 0 Å². The lowest BCUT2D eigenvalue weighted by atomic mass is 9.99. The Morgan fingerprint density at radius 3 is 2.94 bits per heavy atom. The number of carboxylic acid groups (broad SMARTS) is 1. The largest absolute Gasteiger partial charge is 0.477 e. The maximum absolute atomic E-state index is 11.0. The summed E-state index contributed by atoms with van der Waals surface area (Å²) in [6.45, 7) is 4.21. The number of aromatic nitrogens is 2. The normalized spacial score (nSPS) is 21.6. The van der Waals surface area contributed by atoms with Gasteiger partial charge in [0.05, 0.1) is 11.7 Å². The average molecular weight is 237 g/mol. The van der Waals surface area contributed by atoms with Crippen LogP contribution in [0.3, 0.4) is 0 Å². The maximum Gasteiger partial charge on any atom is 0.354 e. The standard InChI is InChI=1S/C12H19N3O2/c1-3-15-7-5-4-6-10(15)9-8-11(12(16)17)14(2)13-9/h8,10H,3-7H2,1-2H3,(H,16,17). The molecule has 0 saturated carbocycles. The van der Waals surface area contributed by atoms with Gasteiger partial charge in [-0.2, -0.15) is 5.10 Å². The third kappa shape index (κ3) is 2.34. The summed E-state index contributed by atoms with van der Waals surface area (Å²) in [5, 5.41) is 13.4. The van der Waals surface area contributed by atoms with Crippen LogP contribution in [0, 0.1) is 0 Å². The van der Waals surface area contributed by atoms with Gasteiger partial charge in [0.2, 0.25) is 0 Å². The molecule has 5 nitrogen and oxygen atoms in total. The number of carbonyl (C=O) groups is 1. The molecule has 0 bridgehead atoms. The molecule has 2 heterocycles. The monoisotopic (exact) mass is 237 g/mol. The molecule has 0 aliphatic carbocycles. The zero-order chi connectivity index (χ0) is 12.4. The van der Waals surface area contributed by atoms with Gasteiger partial charge in [-0.25, -0.2) is 4.79 Å². The van der Waals surface area contributed by atoms with E-state index in [1.807, 2.05) is 0 Å². The second-order valence-corrected chi connectivity index (χ2v) is 4.52. The fourth-order valence-corrected chi connectivity index (χ4v) is 2.56. The SMILES string of the molecule is CCN1CCCCC1c1cc(C(=O)O)n(C)n1. The number of aryl methyl sites for hydroxylation is 1. The first kappa shape index (κ1) is 12.1. The van der Waals surface area contributed by atoms with Crippen LogP contribution in [0.5, 0.6) is 0 Å². The van der Waals surface area contributed by atoms with Gasteiger partial charge in [-0.05, 0) is 32.0 Å². The summed E-state index contributed by atoms with van der Waals surface area (Å²) >= 11 is 0. The number of hydrogen-bond acceptors (Lipinski definition) is 3. The van der Waals surface area contributed by atoms with E-state index in [0.717, 1.165) is 25.2 Å². The van der Waals surface area contributed by atoms with E-state index in [4.69, 9.17) is 5.11 Å². The predicted octanol–water partition coefficient (Wildman–Crippen LogP) is 1.67. The maximum atomic E-state index is 11.0. The van der Waals surface area contributed by atoms with Crippen LogP contribution in [0.15, 0.2) is 6.07 Å². The Hall–Kier alpha value is -1.36. The third-order valence-corrected chi connectivity index (χ3v) is 3.48. The van der Waals surface area contributed by atoms with Crippen molar-refractivity contribution in [3.05, 3.63) is 17.5 Å². The van der Waals surface area contributed by atoms with Crippen molar-refractivity contribution in [3.63, 3.8) is 0 Å². The number of likely N-dealkylation sites (tertiary alicyclic amines) is 1. The van der Waals surface area contributed by atoms with Crippen molar-refractivity contribution < 1.29 is 9.90 Å². The van der Waals surface area contributed by atoms with Crippen LogP contribution < -0.4 is 0 Å². The molecular weight excluding hydrogens is 218 g/mol. The molecule has 1 aliphatic heterocycles. The van der Waals surface area contributed by atoms with Crippen LogP contribution in [0.1, 0.15) is 48.4 Å². The smallest absolute Gasteiger partial charge is 0.354 e. The van der Waals surface area contributed by atoms with E-state index in [1.165, 1.54) is 17.5 Å². The molecule has 94 valence electrons. The number of carboxylic acids is 1. The molecule has 0 radical (unpaired) electrons. The molecule has 0 amide bonds. The highest BCUT2D eigenvalue weighted by atomic mass is 16.4.